The number of aryl methyl sites for hydroxylation is 1. The Labute approximate surface area is 187 Å². The van der Waals surface area contributed by atoms with E-state index >= 15 is 0 Å². The predicted molar refractivity (Wildman–Crippen MR) is 125 cm³/mol. The van der Waals surface area contributed by atoms with E-state index < -0.39 is 0 Å². The molecule has 31 heavy (non-hydrogen) atoms. The highest BCUT2D eigenvalue weighted by molar-refractivity contribution is 5.96. The topological polar surface area (TPSA) is 57.2 Å². The fourth-order valence-corrected chi connectivity index (χ4v) is 4.98. The van der Waals surface area contributed by atoms with E-state index in [1.807, 2.05) is 12.1 Å². The second kappa shape index (κ2) is 10.6. The molecule has 0 radical (unpaired) electrons. The zero-order valence-corrected chi connectivity index (χ0v) is 19.2. The largest absolute Gasteiger partial charge is 0.472 e. The van der Waals surface area contributed by atoms with Crippen molar-refractivity contribution in [3.05, 3.63) is 35.4 Å². The molecule has 1 N–H and O–H groups in total. The molecule has 2 unspecified atom stereocenters. The van der Waals surface area contributed by atoms with Crippen LogP contribution in [0.25, 0.3) is 0 Å². The van der Waals surface area contributed by atoms with Crippen LogP contribution < -0.4 is 5.32 Å². The van der Waals surface area contributed by atoms with E-state index in [0.717, 1.165) is 57.0 Å². The van der Waals surface area contributed by atoms with Crippen molar-refractivity contribution in [3.63, 3.8) is 0 Å². The molecular formula is C25H38N4O2. The van der Waals surface area contributed by atoms with Crippen LogP contribution in [-0.4, -0.2) is 79.6 Å². The molecular weight excluding hydrogens is 388 g/mol. The minimum atomic E-state index is 0.0883. The molecule has 170 valence electrons. The van der Waals surface area contributed by atoms with E-state index in [-0.39, 0.29) is 24.0 Å². The number of ether oxygens (including phenoxy) is 1. The molecule has 0 bridgehead atoms. The van der Waals surface area contributed by atoms with Gasteiger partial charge in [-0.3, -0.25) is 4.79 Å². The van der Waals surface area contributed by atoms with Crippen molar-refractivity contribution >= 4 is 11.8 Å². The Bertz CT molecular complexity index is 767. The molecule has 6 heteroatoms. The van der Waals surface area contributed by atoms with Crippen LogP contribution in [-0.2, 0) is 9.53 Å². The first-order chi connectivity index (χ1) is 15.1. The summed E-state index contributed by atoms with van der Waals surface area (Å²) in [5.41, 5.74) is 2.29. The summed E-state index contributed by atoms with van der Waals surface area (Å²) >= 11 is 0. The fourth-order valence-electron chi connectivity index (χ4n) is 4.98. The smallest absolute Gasteiger partial charge is 0.223 e. The molecule has 2 fully saturated rings. The van der Waals surface area contributed by atoms with Crippen LogP contribution in [0.5, 0.6) is 0 Å². The van der Waals surface area contributed by atoms with Crippen molar-refractivity contribution in [1.82, 2.24) is 15.1 Å². The number of piperidine rings is 2. The first-order valence-corrected chi connectivity index (χ1v) is 12.1. The first kappa shape index (κ1) is 22.3. The number of nitrogens with zero attached hydrogens (tertiary/aromatic N) is 3. The molecule has 2 atom stereocenters. The lowest BCUT2D eigenvalue weighted by atomic mass is 9.95. The molecule has 0 aliphatic carbocycles. The Morgan fingerprint density at radius 3 is 2.58 bits per heavy atom. The summed E-state index contributed by atoms with van der Waals surface area (Å²) < 4.78 is 6.09. The van der Waals surface area contributed by atoms with Gasteiger partial charge in [-0.2, -0.15) is 0 Å². The lowest BCUT2D eigenvalue weighted by Gasteiger charge is -2.33. The number of benzene rings is 1. The highest BCUT2D eigenvalue weighted by Gasteiger charge is 2.32. The van der Waals surface area contributed by atoms with Gasteiger partial charge in [-0.1, -0.05) is 24.6 Å². The van der Waals surface area contributed by atoms with Crippen LogP contribution in [0.4, 0.5) is 0 Å². The predicted octanol–water partition coefficient (Wildman–Crippen LogP) is 2.84. The second-order valence-corrected chi connectivity index (χ2v) is 9.41. The molecule has 1 aromatic rings. The quantitative estimate of drug-likeness (QED) is 0.728. The molecule has 3 aliphatic heterocycles. The van der Waals surface area contributed by atoms with Gasteiger partial charge in [0, 0.05) is 31.1 Å². The van der Waals surface area contributed by atoms with Crippen LogP contribution in [0.1, 0.15) is 50.2 Å². The fraction of sp³-hybridized carbons (Fsp3) is 0.680. The van der Waals surface area contributed by atoms with Crippen LogP contribution in [0.2, 0.25) is 0 Å². The molecule has 0 spiro atoms. The van der Waals surface area contributed by atoms with Gasteiger partial charge in [0.2, 0.25) is 11.8 Å². The van der Waals surface area contributed by atoms with E-state index in [1.165, 1.54) is 37.9 Å². The monoisotopic (exact) mass is 426 g/mol. The van der Waals surface area contributed by atoms with Crippen molar-refractivity contribution in [1.29, 1.82) is 0 Å². The molecule has 3 heterocycles. The zero-order chi connectivity index (χ0) is 21.6. The highest BCUT2D eigenvalue weighted by Crippen LogP contribution is 2.23. The maximum Gasteiger partial charge on any atom is 0.223 e. The van der Waals surface area contributed by atoms with Crippen molar-refractivity contribution in [2.24, 2.45) is 10.9 Å². The summed E-state index contributed by atoms with van der Waals surface area (Å²) in [5, 5.41) is 3.18. The summed E-state index contributed by atoms with van der Waals surface area (Å²) in [5.74, 6) is 1.17. The van der Waals surface area contributed by atoms with Crippen LogP contribution in [0.3, 0.4) is 0 Å². The van der Waals surface area contributed by atoms with Crippen molar-refractivity contribution in [3.8, 4) is 0 Å². The van der Waals surface area contributed by atoms with E-state index in [1.54, 1.807) is 0 Å². The molecule has 1 amide bonds. The minimum absolute atomic E-state index is 0.0883. The molecule has 1 aromatic carbocycles. The Balaban J connectivity index is 1.20. The van der Waals surface area contributed by atoms with Gasteiger partial charge in [0.25, 0.3) is 0 Å². The Morgan fingerprint density at radius 1 is 1.10 bits per heavy atom. The lowest BCUT2D eigenvalue weighted by molar-refractivity contribution is -0.126. The van der Waals surface area contributed by atoms with Crippen LogP contribution in [0, 0.1) is 12.8 Å². The average molecular weight is 427 g/mol. The molecule has 0 saturated carbocycles. The SMILES string of the molecule is Cc1ccccc1C1=NC(CN2CCC(C(=O)NCCN3CCCCC3)CC2)C(C)O1. The molecule has 4 rings (SSSR count). The summed E-state index contributed by atoms with van der Waals surface area (Å²) in [6.07, 6.45) is 5.91. The Morgan fingerprint density at radius 2 is 1.84 bits per heavy atom. The van der Waals surface area contributed by atoms with Gasteiger partial charge >= 0.3 is 0 Å². The number of nitrogens with one attached hydrogen (secondary N) is 1. The molecule has 3 aliphatic rings. The number of hydrogen-bond acceptors (Lipinski definition) is 5. The maximum absolute atomic E-state index is 12.6. The molecule has 0 aromatic heterocycles. The van der Waals surface area contributed by atoms with Gasteiger partial charge in [0.05, 0.1) is 0 Å². The standard InChI is InChI=1S/C25H38N4O2/c1-19-8-4-5-9-22(19)25-27-23(20(2)31-25)18-29-15-10-21(11-16-29)24(30)26-12-17-28-13-6-3-7-14-28/h4-5,8-9,20-21,23H,3,6-7,10-18H2,1-2H3,(H,26,30). The van der Waals surface area contributed by atoms with Crippen molar-refractivity contribution in [2.45, 2.75) is 58.1 Å². The van der Waals surface area contributed by atoms with Gasteiger partial charge in [-0.25, -0.2) is 4.99 Å². The minimum Gasteiger partial charge on any atom is -0.472 e. The number of hydrogen-bond donors (Lipinski definition) is 1. The third-order valence-corrected chi connectivity index (χ3v) is 7.08. The Hall–Kier alpha value is -1.92. The average Bonchev–Trinajstić information content (AvgIpc) is 3.15. The highest BCUT2D eigenvalue weighted by atomic mass is 16.5. The van der Waals surface area contributed by atoms with E-state index in [4.69, 9.17) is 9.73 Å². The summed E-state index contributed by atoms with van der Waals surface area (Å²) in [6.45, 7) is 11.2. The van der Waals surface area contributed by atoms with Gasteiger partial charge in [-0.05, 0) is 77.3 Å². The van der Waals surface area contributed by atoms with E-state index in [2.05, 4.69) is 41.1 Å². The summed E-state index contributed by atoms with van der Waals surface area (Å²) in [6, 6.07) is 8.42. The van der Waals surface area contributed by atoms with Crippen molar-refractivity contribution in [2.75, 3.05) is 45.8 Å². The Kier molecular flexibility index (Phi) is 7.62. The van der Waals surface area contributed by atoms with Gasteiger partial charge < -0.3 is 19.9 Å². The lowest BCUT2D eigenvalue weighted by Crippen LogP contribution is -2.45. The molecule has 6 nitrogen and oxygen atoms in total. The third-order valence-electron chi connectivity index (χ3n) is 7.08. The second-order valence-electron chi connectivity index (χ2n) is 9.41. The van der Waals surface area contributed by atoms with Crippen LogP contribution in [0.15, 0.2) is 29.3 Å². The number of rotatable bonds is 7. The zero-order valence-electron chi connectivity index (χ0n) is 19.2. The van der Waals surface area contributed by atoms with Gasteiger partial charge in [-0.15, -0.1) is 0 Å². The van der Waals surface area contributed by atoms with Crippen LogP contribution >= 0.6 is 0 Å². The number of aliphatic imine (C=N–C) groups is 1. The number of amides is 1. The van der Waals surface area contributed by atoms with E-state index in [9.17, 15) is 4.79 Å². The molecule has 2 saturated heterocycles. The number of likely N-dealkylation sites (tertiary alicyclic amines) is 2. The first-order valence-electron chi connectivity index (χ1n) is 12.1. The van der Waals surface area contributed by atoms with Gasteiger partial charge in [0.15, 0.2) is 0 Å². The van der Waals surface area contributed by atoms with E-state index in [0.29, 0.717) is 0 Å². The van der Waals surface area contributed by atoms with Crippen molar-refractivity contribution < 1.29 is 9.53 Å². The summed E-state index contributed by atoms with van der Waals surface area (Å²) in [7, 11) is 0. The number of carbonyl (C=O) groups is 1. The van der Waals surface area contributed by atoms with Gasteiger partial charge in [0.1, 0.15) is 12.1 Å². The summed E-state index contributed by atoms with van der Waals surface area (Å²) in [4.78, 5) is 22.4. The third kappa shape index (κ3) is 5.86. The normalized spacial score (nSPS) is 25.8. The number of carbonyl (C=O) groups excluding carboxylic acids is 1. The maximum atomic E-state index is 12.6.